The maximum Gasteiger partial charge on any atom is 0.268 e. The fraction of sp³-hybridized carbons (Fsp3) is 0.231. The smallest absolute Gasteiger partial charge is 0.268 e. The number of carbonyl (C=O) groups excluding carboxylic acids is 1. The second-order valence-electron chi connectivity index (χ2n) is 3.87. The quantitative estimate of drug-likeness (QED) is 0.676. The molecule has 0 bridgehead atoms. The van der Waals surface area contributed by atoms with Crippen molar-refractivity contribution in [1.82, 2.24) is 4.90 Å². The summed E-state index contributed by atoms with van der Waals surface area (Å²) in [5.74, 6) is 0.906. The van der Waals surface area contributed by atoms with Crippen LogP contribution in [0, 0.1) is 0 Å². The van der Waals surface area contributed by atoms with Gasteiger partial charge in [-0.05, 0) is 23.8 Å². The summed E-state index contributed by atoms with van der Waals surface area (Å²) < 4.78 is 10.7. The maximum absolute atomic E-state index is 12.0. The molecule has 1 fully saturated rings. The minimum Gasteiger partial charge on any atom is -0.493 e. The van der Waals surface area contributed by atoms with Crippen molar-refractivity contribution in [3.63, 3.8) is 0 Å². The number of hydrogen-bond acceptors (Lipinski definition) is 6. The van der Waals surface area contributed by atoms with E-state index in [1.165, 1.54) is 0 Å². The van der Waals surface area contributed by atoms with Crippen molar-refractivity contribution in [3.8, 4) is 11.5 Å². The standard InChI is InChI=1S/C13H13NO4S2/c1-17-9-4-3-8(5-10(9)18-2)6-11-12(16)14(7-15)13(19)20-11/h3-6,15H,7H2,1-2H3. The molecule has 1 aliphatic rings. The Hall–Kier alpha value is -1.57. The predicted molar refractivity (Wildman–Crippen MR) is 81.6 cm³/mol. The van der Waals surface area contributed by atoms with Crippen LogP contribution in [-0.2, 0) is 4.79 Å². The third-order valence-corrected chi connectivity index (χ3v) is 4.10. The molecule has 0 unspecified atom stereocenters. The van der Waals surface area contributed by atoms with Crippen molar-refractivity contribution in [3.05, 3.63) is 28.7 Å². The topological polar surface area (TPSA) is 59.0 Å². The van der Waals surface area contributed by atoms with Crippen LogP contribution in [0.5, 0.6) is 11.5 Å². The van der Waals surface area contributed by atoms with Crippen molar-refractivity contribution >= 4 is 40.3 Å². The average Bonchev–Trinajstić information content (AvgIpc) is 2.72. The lowest BCUT2D eigenvalue weighted by molar-refractivity contribution is -0.124. The molecule has 2 rings (SSSR count). The first-order valence-corrected chi connectivity index (χ1v) is 6.91. The Labute approximate surface area is 126 Å². The van der Waals surface area contributed by atoms with Crippen LogP contribution < -0.4 is 9.47 Å². The Morgan fingerprint density at radius 3 is 2.60 bits per heavy atom. The zero-order valence-corrected chi connectivity index (χ0v) is 12.6. The highest BCUT2D eigenvalue weighted by molar-refractivity contribution is 8.26. The minimum absolute atomic E-state index is 0.294. The summed E-state index contributed by atoms with van der Waals surface area (Å²) in [5.41, 5.74) is 0.793. The average molecular weight is 311 g/mol. The van der Waals surface area contributed by atoms with Gasteiger partial charge in [0.25, 0.3) is 5.91 Å². The molecule has 1 aromatic rings. The SMILES string of the molecule is COc1ccc(C=C2SC(=S)N(CO)C2=O)cc1OC. The molecule has 20 heavy (non-hydrogen) atoms. The van der Waals surface area contributed by atoms with E-state index in [4.69, 9.17) is 26.8 Å². The molecule has 0 aliphatic carbocycles. The van der Waals surface area contributed by atoms with Crippen LogP contribution in [0.1, 0.15) is 5.56 Å². The maximum atomic E-state index is 12.0. The highest BCUT2D eigenvalue weighted by atomic mass is 32.2. The van der Waals surface area contributed by atoms with Gasteiger partial charge in [-0.15, -0.1) is 0 Å². The van der Waals surface area contributed by atoms with E-state index in [1.807, 2.05) is 6.07 Å². The molecule has 1 aliphatic heterocycles. The Morgan fingerprint density at radius 1 is 1.35 bits per heavy atom. The molecule has 1 heterocycles. The first-order valence-electron chi connectivity index (χ1n) is 5.69. The van der Waals surface area contributed by atoms with Gasteiger partial charge in [0.05, 0.1) is 19.1 Å². The number of carbonyl (C=O) groups is 1. The number of methoxy groups -OCH3 is 2. The van der Waals surface area contributed by atoms with Crippen molar-refractivity contribution in [2.45, 2.75) is 0 Å². The lowest BCUT2D eigenvalue weighted by Gasteiger charge is -2.09. The normalized spacial score (nSPS) is 16.9. The van der Waals surface area contributed by atoms with E-state index in [0.29, 0.717) is 20.7 Å². The van der Waals surface area contributed by atoms with E-state index < -0.39 is 6.73 Å². The molecule has 0 saturated carbocycles. The first kappa shape index (κ1) is 14.8. The molecule has 0 spiro atoms. The summed E-state index contributed by atoms with van der Waals surface area (Å²) in [6.45, 7) is -0.409. The van der Waals surface area contributed by atoms with Crippen LogP contribution in [-0.4, -0.2) is 41.2 Å². The summed E-state index contributed by atoms with van der Waals surface area (Å²) >= 11 is 6.18. The van der Waals surface area contributed by atoms with Gasteiger partial charge in [-0.25, -0.2) is 0 Å². The second kappa shape index (κ2) is 6.25. The minimum atomic E-state index is -0.409. The van der Waals surface area contributed by atoms with Gasteiger partial charge in [0, 0.05) is 0 Å². The van der Waals surface area contributed by atoms with Gasteiger partial charge < -0.3 is 14.6 Å². The molecule has 106 valence electrons. The largest absolute Gasteiger partial charge is 0.493 e. The molecule has 1 aromatic carbocycles. The van der Waals surface area contributed by atoms with Gasteiger partial charge in [0.2, 0.25) is 0 Å². The van der Waals surface area contributed by atoms with Gasteiger partial charge >= 0.3 is 0 Å². The van der Waals surface area contributed by atoms with E-state index in [-0.39, 0.29) is 5.91 Å². The summed E-state index contributed by atoms with van der Waals surface area (Å²) in [7, 11) is 3.11. The van der Waals surface area contributed by atoms with Crippen molar-refractivity contribution in [1.29, 1.82) is 0 Å². The van der Waals surface area contributed by atoms with Crippen molar-refractivity contribution < 1.29 is 19.4 Å². The van der Waals surface area contributed by atoms with Crippen LogP contribution >= 0.6 is 24.0 Å². The number of thioether (sulfide) groups is 1. The lowest BCUT2D eigenvalue weighted by Crippen LogP contribution is -2.28. The Bertz CT molecular complexity index is 586. The van der Waals surface area contributed by atoms with E-state index in [0.717, 1.165) is 22.2 Å². The summed E-state index contributed by atoms with van der Waals surface area (Å²) in [4.78, 5) is 13.6. The molecule has 1 saturated heterocycles. The van der Waals surface area contributed by atoms with E-state index in [2.05, 4.69) is 0 Å². The summed E-state index contributed by atoms with van der Waals surface area (Å²) in [6.07, 6.45) is 1.71. The Morgan fingerprint density at radius 2 is 2.05 bits per heavy atom. The molecule has 7 heteroatoms. The van der Waals surface area contributed by atoms with Gasteiger partial charge in [0.1, 0.15) is 11.1 Å². The fourth-order valence-corrected chi connectivity index (χ4v) is 2.96. The molecular weight excluding hydrogens is 298 g/mol. The number of rotatable bonds is 4. The number of aliphatic hydroxyl groups excluding tert-OH is 1. The van der Waals surface area contributed by atoms with Crippen LogP contribution in [0.25, 0.3) is 6.08 Å². The summed E-state index contributed by atoms with van der Waals surface area (Å²) in [6, 6.07) is 5.34. The number of ether oxygens (including phenoxy) is 2. The second-order valence-corrected chi connectivity index (χ2v) is 5.54. The van der Waals surface area contributed by atoms with Crippen LogP contribution in [0.15, 0.2) is 23.1 Å². The van der Waals surface area contributed by atoms with Crippen LogP contribution in [0.3, 0.4) is 0 Å². The molecule has 5 nitrogen and oxygen atoms in total. The van der Waals surface area contributed by atoms with E-state index >= 15 is 0 Å². The highest BCUT2D eigenvalue weighted by Crippen LogP contribution is 2.34. The summed E-state index contributed by atoms with van der Waals surface area (Å²) in [5, 5.41) is 9.08. The number of thiocarbonyl (C=S) groups is 1. The van der Waals surface area contributed by atoms with E-state index in [9.17, 15) is 4.79 Å². The number of benzene rings is 1. The van der Waals surface area contributed by atoms with Crippen molar-refractivity contribution in [2.24, 2.45) is 0 Å². The monoisotopic (exact) mass is 311 g/mol. The number of nitrogens with zero attached hydrogens (tertiary/aromatic N) is 1. The highest BCUT2D eigenvalue weighted by Gasteiger charge is 2.31. The van der Waals surface area contributed by atoms with Crippen LogP contribution in [0.2, 0.25) is 0 Å². The van der Waals surface area contributed by atoms with Gasteiger partial charge in [-0.2, -0.15) is 0 Å². The van der Waals surface area contributed by atoms with Crippen LogP contribution in [0.4, 0.5) is 0 Å². The number of amides is 1. The molecule has 0 atom stereocenters. The van der Waals surface area contributed by atoms with E-state index in [1.54, 1.807) is 32.4 Å². The third-order valence-electron chi connectivity index (χ3n) is 2.72. The van der Waals surface area contributed by atoms with Crippen molar-refractivity contribution in [2.75, 3.05) is 21.0 Å². The predicted octanol–water partition coefficient (Wildman–Crippen LogP) is 1.85. The molecule has 0 radical (unpaired) electrons. The van der Waals surface area contributed by atoms with Gasteiger partial charge in [0.15, 0.2) is 11.5 Å². The molecular formula is C13H13NO4S2. The van der Waals surface area contributed by atoms with Gasteiger partial charge in [-0.1, -0.05) is 30.0 Å². The zero-order chi connectivity index (χ0) is 14.7. The number of hydrogen-bond donors (Lipinski definition) is 1. The van der Waals surface area contributed by atoms with Gasteiger partial charge in [-0.3, -0.25) is 9.69 Å². The number of aliphatic hydroxyl groups is 1. The zero-order valence-electron chi connectivity index (χ0n) is 11.0. The third kappa shape index (κ3) is 2.79. The Kier molecular flexibility index (Phi) is 4.64. The molecule has 0 aromatic heterocycles. The fourth-order valence-electron chi connectivity index (χ4n) is 1.72. The molecule has 1 N–H and O–H groups in total. The Balaban J connectivity index is 2.32. The lowest BCUT2D eigenvalue weighted by atomic mass is 10.2. The first-order chi connectivity index (χ1) is 9.60. The molecule has 1 amide bonds.